The lowest BCUT2D eigenvalue weighted by atomic mass is 10.00. The third-order valence-electron chi connectivity index (χ3n) is 4.12. The number of hydrogen-bond donors (Lipinski definition) is 1. The van der Waals surface area contributed by atoms with Gasteiger partial charge in [0.1, 0.15) is 5.75 Å². The Hall–Kier alpha value is -2.40. The molecule has 0 saturated carbocycles. The lowest BCUT2D eigenvalue weighted by Gasteiger charge is -2.40. The molecular formula is C21H22F3NO5S2. The van der Waals surface area contributed by atoms with Crippen LogP contribution in [0, 0.1) is 5.41 Å². The van der Waals surface area contributed by atoms with Crippen molar-refractivity contribution >= 4 is 40.5 Å². The maximum absolute atomic E-state index is 13.1. The standard InChI is InChI=1S/C21H22F3NO5S2/c1-5-9-31-15-11-14(26)25(15)16(17(27)28)18(32-19(29)20(2,3)4)30-13-8-6-7-12(10-13)21(22,23)24/h5-8,10,15H,1,9,11H2,2-4H3,(H,27,28). The van der Waals surface area contributed by atoms with Crippen molar-refractivity contribution in [1.82, 2.24) is 4.90 Å². The molecule has 1 aromatic carbocycles. The summed E-state index contributed by atoms with van der Waals surface area (Å²) in [5, 5.41) is 8.36. The van der Waals surface area contributed by atoms with Crippen molar-refractivity contribution in [2.24, 2.45) is 5.41 Å². The molecule has 32 heavy (non-hydrogen) atoms. The first kappa shape index (κ1) is 25.9. The first-order valence-electron chi connectivity index (χ1n) is 9.35. The van der Waals surface area contributed by atoms with Crippen LogP contribution in [0.4, 0.5) is 13.2 Å². The van der Waals surface area contributed by atoms with Crippen LogP contribution in [0.15, 0.2) is 47.7 Å². The van der Waals surface area contributed by atoms with Gasteiger partial charge in [0, 0.05) is 11.2 Å². The molecule has 1 heterocycles. The van der Waals surface area contributed by atoms with Crippen LogP contribution in [0.3, 0.4) is 0 Å². The summed E-state index contributed by atoms with van der Waals surface area (Å²) in [6.45, 7) is 8.38. The molecule has 0 spiro atoms. The Morgan fingerprint density at radius 2 is 1.97 bits per heavy atom. The quantitative estimate of drug-likeness (QED) is 0.235. The Kier molecular flexibility index (Phi) is 8.11. The number of likely N-dealkylation sites (tertiary alicyclic amines) is 1. The van der Waals surface area contributed by atoms with Crippen LogP contribution in [0.5, 0.6) is 5.75 Å². The number of hydrogen-bond acceptors (Lipinski definition) is 6. The minimum Gasteiger partial charge on any atom is -0.476 e. The number of carbonyl (C=O) groups excluding carboxylic acids is 2. The van der Waals surface area contributed by atoms with Crippen molar-refractivity contribution in [3.05, 3.63) is 53.3 Å². The van der Waals surface area contributed by atoms with Crippen LogP contribution in [-0.2, 0) is 20.6 Å². The Morgan fingerprint density at radius 1 is 1.31 bits per heavy atom. The van der Waals surface area contributed by atoms with E-state index in [1.54, 1.807) is 26.8 Å². The molecule has 1 saturated heterocycles. The Morgan fingerprint density at radius 3 is 2.47 bits per heavy atom. The van der Waals surface area contributed by atoms with Crippen molar-refractivity contribution < 1.29 is 37.4 Å². The summed E-state index contributed by atoms with van der Waals surface area (Å²) >= 11 is 1.70. The number of ether oxygens (including phenoxy) is 1. The van der Waals surface area contributed by atoms with Gasteiger partial charge in [0.15, 0.2) is 10.8 Å². The van der Waals surface area contributed by atoms with Gasteiger partial charge in [-0.25, -0.2) is 4.79 Å². The van der Waals surface area contributed by atoms with Gasteiger partial charge in [0.2, 0.25) is 11.0 Å². The number of amides is 1. The highest BCUT2D eigenvalue weighted by molar-refractivity contribution is 8.16. The van der Waals surface area contributed by atoms with Crippen LogP contribution in [0.25, 0.3) is 0 Å². The molecule has 0 bridgehead atoms. The molecule has 1 aliphatic heterocycles. The number of thioether (sulfide) groups is 2. The average Bonchev–Trinajstić information content (AvgIpc) is 2.67. The Bertz CT molecular complexity index is 953. The summed E-state index contributed by atoms with van der Waals surface area (Å²) in [6.07, 6.45) is -2.98. The van der Waals surface area contributed by atoms with E-state index in [0.717, 1.165) is 17.0 Å². The fourth-order valence-electron chi connectivity index (χ4n) is 2.45. The molecule has 6 nitrogen and oxygen atoms in total. The zero-order valence-corrected chi connectivity index (χ0v) is 19.2. The largest absolute Gasteiger partial charge is 0.476 e. The topological polar surface area (TPSA) is 83.9 Å². The number of β-lactam (4-membered cyclic amide) rings is 1. The zero-order chi connectivity index (χ0) is 24.3. The molecule has 1 amide bonds. The second-order valence-corrected chi connectivity index (χ2v) is 9.91. The lowest BCUT2D eigenvalue weighted by molar-refractivity contribution is -0.146. The minimum absolute atomic E-state index is 0.0734. The fourth-order valence-corrected chi connectivity index (χ4v) is 4.34. The number of alkyl halides is 3. The van der Waals surface area contributed by atoms with Crippen molar-refractivity contribution in [3.63, 3.8) is 0 Å². The maximum atomic E-state index is 13.1. The number of aliphatic carboxylic acids is 1. The van der Waals surface area contributed by atoms with Gasteiger partial charge in [0.25, 0.3) is 0 Å². The Labute approximate surface area is 191 Å². The number of halogens is 3. The van der Waals surface area contributed by atoms with E-state index in [0.29, 0.717) is 23.6 Å². The van der Waals surface area contributed by atoms with Gasteiger partial charge in [-0.05, 0) is 30.0 Å². The number of nitrogens with zero attached hydrogens (tertiary/aromatic N) is 1. The van der Waals surface area contributed by atoms with Crippen molar-refractivity contribution in [1.29, 1.82) is 0 Å². The first-order valence-corrected chi connectivity index (χ1v) is 11.2. The van der Waals surface area contributed by atoms with E-state index < -0.39 is 50.3 Å². The molecule has 1 N–H and O–H groups in total. The van der Waals surface area contributed by atoms with Gasteiger partial charge in [0.05, 0.1) is 17.4 Å². The van der Waals surface area contributed by atoms with E-state index in [9.17, 15) is 32.7 Å². The SMILES string of the molecule is C=CCSC1CC(=O)N1C(C(=O)O)=C(Oc1cccc(C(F)(F)F)c1)SC(=O)C(C)(C)C. The highest BCUT2D eigenvalue weighted by atomic mass is 32.2. The third kappa shape index (κ3) is 6.32. The number of carbonyl (C=O) groups is 3. The molecule has 0 radical (unpaired) electrons. The van der Waals surface area contributed by atoms with Gasteiger partial charge in [-0.1, -0.05) is 32.9 Å². The molecule has 1 aliphatic rings. The van der Waals surface area contributed by atoms with Gasteiger partial charge in [-0.2, -0.15) is 13.2 Å². The van der Waals surface area contributed by atoms with E-state index in [-0.39, 0.29) is 12.2 Å². The van der Waals surface area contributed by atoms with E-state index in [1.165, 1.54) is 17.8 Å². The molecule has 1 fully saturated rings. The first-order chi connectivity index (χ1) is 14.8. The number of rotatable bonds is 8. The van der Waals surface area contributed by atoms with Crippen molar-refractivity contribution in [2.75, 3.05) is 5.75 Å². The van der Waals surface area contributed by atoms with Gasteiger partial charge < -0.3 is 9.84 Å². The molecule has 11 heteroatoms. The maximum Gasteiger partial charge on any atom is 0.416 e. The fraction of sp³-hybridized carbons (Fsp3) is 0.381. The molecular weight excluding hydrogens is 467 g/mol. The minimum atomic E-state index is -4.65. The predicted molar refractivity (Wildman–Crippen MR) is 117 cm³/mol. The second-order valence-electron chi connectivity index (χ2n) is 7.75. The average molecular weight is 490 g/mol. The summed E-state index contributed by atoms with van der Waals surface area (Å²) in [5.41, 5.74) is -2.51. The zero-order valence-electron chi connectivity index (χ0n) is 17.6. The molecule has 2 rings (SSSR count). The monoisotopic (exact) mass is 489 g/mol. The van der Waals surface area contributed by atoms with Crippen LogP contribution < -0.4 is 4.74 Å². The predicted octanol–water partition coefficient (Wildman–Crippen LogP) is 5.12. The van der Waals surface area contributed by atoms with Gasteiger partial charge in [-0.15, -0.1) is 18.3 Å². The summed E-state index contributed by atoms with van der Waals surface area (Å²) in [4.78, 5) is 38.0. The highest BCUT2D eigenvalue weighted by Gasteiger charge is 2.44. The summed E-state index contributed by atoms with van der Waals surface area (Å²) in [6, 6.07) is 3.84. The van der Waals surface area contributed by atoms with Crippen LogP contribution in [0.2, 0.25) is 0 Å². The molecule has 1 unspecified atom stereocenters. The second kappa shape index (κ2) is 10.0. The van der Waals surface area contributed by atoms with Crippen molar-refractivity contribution in [3.8, 4) is 5.75 Å². The molecule has 0 aliphatic carbocycles. The molecule has 174 valence electrons. The lowest BCUT2D eigenvalue weighted by Crippen LogP contribution is -2.52. The van der Waals surface area contributed by atoms with E-state index in [1.807, 2.05) is 0 Å². The van der Waals surface area contributed by atoms with E-state index in [2.05, 4.69) is 6.58 Å². The van der Waals surface area contributed by atoms with Crippen molar-refractivity contribution in [2.45, 2.75) is 38.7 Å². The van der Waals surface area contributed by atoms with Gasteiger partial charge >= 0.3 is 12.1 Å². The smallest absolute Gasteiger partial charge is 0.416 e. The normalized spacial score (nSPS) is 17.4. The molecule has 0 aromatic heterocycles. The molecule has 1 atom stereocenters. The van der Waals surface area contributed by atoms with Crippen LogP contribution >= 0.6 is 23.5 Å². The van der Waals surface area contributed by atoms with Crippen LogP contribution in [-0.4, -0.2) is 38.1 Å². The van der Waals surface area contributed by atoms with Crippen LogP contribution in [0.1, 0.15) is 32.8 Å². The number of carboxylic acid groups (broad SMARTS) is 1. The molecule has 1 aromatic rings. The summed E-state index contributed by atoms with van der Waals surface area (Å²) in [5.74, 6) is -1.92. The summed E-state index contributed by atoms with van der Waals surface area (Å²) in [7, 11) is 0. The van der Waals surface area contributed by atoms with Gasteiger partial charge in [-0.3, -0.25) is 14.5 Å². The number of carboxylic acids is 1. The highest BCUT2D eigenvalue weighted by Crippen LogP contribution is 2.40. The van der Waals surface area contributed by atoms with E-state index in [4.69, 9.17) is 4.74 Å². The number of benzene rings is 1. The third-order valence-corrected chi connectivity index (χ3v) is 6.57. The Balaban J connectivity index is 2.55. The summed E-state index contributed by atoms with van der Waals surface area (Å²) < 4.78 is 44.8. The van der Waals surface area contributed by atoms with E-state index >= 15 is 0 Å².